The molecule has 0 bridgehead atoms. The summed E-state index contributed by atoms with van der Waals surface area (Å²) in [4.78, 5) is 29.7. The number of sulfonamides is 1. The maximum atomic E-state index is 13.9. The number of rotatable bonds is 8. The molecule has 0 radical (unpaired) electrons. The van der Waals surface area contributed by atoms with Crippen molar-refractivity contribution in [2.75, 3.05) is 23.3 Å². The molecule has 0 saturated carbocycles. The molecule has 10 heteroatoms. The molecule has 1 aromatic heterocycles. The molecular formula is C25H26N4O5S. The Morgan fingerprint density at radius 2 is 1.89 bits per heavy atom. The van der Waals surface area contributed by atoms with Crippen molar-refractivity contribution in [2.24, 2.45) is 0 Å². The minimum absolute atomic E-state index is 0.0850. The van der Waals surface area contributed by atoms with Crippen LogP contribution in [0.4, 0.5) is 11.4 Å². The number of pyridine rings is 1. The van der Waals surface area contributed by atoms with Crippen molar-refractivity contribution in [3.05, 3.63) is 78.1 Å². The first-order valence-corrected chi connectivity index (χ1v) is 12.5. The van der Waals surface area contributed by atoms with Crippen molar-refractivity contribution in [3.63, 3.8) is 0 Å². The number of fused-ring (bicyclic) bond motifs is 1. The molecular weight excluding hydrogens is 468 g/mol. The zero-order chi connectivity index (χ0) is 25.0. The summed E-state index contributed by atoms with van der Waals surface area (Å²) < 4.78 is 34.2. The van der Waals surface area contributed by atoms with Gasteiger partial charge >= 0.3 is 0 Å². The zero-order valence-electron chi connectivity index (χ0n) is 19.4. The van der Waals surface area contributed by atoms with Crippen LogP contribution in [0, 0.1) is 6.92 Å². The average Bonchev–Trinajstić information content (AvgIpc) is 2.84. The molecule has 2 heterocycles. The smallest absolute Gasteiger partial charge is 0.268 e. The predicted octanol–water partition coefficient (Wildman–Crippen LogP) is 2.66. The SMILES string of the molecule is COc1cc(C)ccc1S(=O)(=O)N1c2ccccc2NC(=O)C1CC(=O)NCCc1ccncc1. The van der Waals surface area contributed by atoms with Crippen LogP contribution in [0.25, 0.3) is 0 Å². The molecule has 0 fully saturated rings. The molecule has 1 aliphatic rings. The summed E-state index contributed by atoms with van der Waals surface area (Å²) in [5, 5.41) is 5.50. The number of aromatic nitrogens is 1. The van der Waals surface area contributed by atoms with E-state index in [4.69, 9.17) is 4.74 Å². The summed E-state index contributed by atoms with van der Waals surface area (Å²) in [5.74, 6) is -0.855. The molecule has 0 saturated heterocycles. The first kappa shape index (κ1) is 24.2. The van der Waals surface area contributed by atoms with Gasteiger partial charge in [0.15, 0.2) is 0 Å². The predicted molar refractivity (Wildman–Crippen MR) is 132 cm³/mol. The van der Waals surface area contributed by atoms with E-state index in [-0.39, 0.29) is 22.8 Å². The highest BCUT2D eigenvalue weighted by Crippen LogP contribution is 2.39. The van der Waals surface area contributed by atoms with E-state index in [1.807, 2.05) is 19.1 Å². The van der Waals surface area contributed by atoms with Crippen LogP contribution in [0.1, 0.15) is 17.5 Å². The molecule has 4 rings (SSSR count). The quantitative estimate of drug-likeness (QED) is 0.497. The number of para-hydroxylation sites is 2. The lowest BCUT2D eigenvalue weighted by molar-refractivity contribution is -0.125. The number of aryl methyl sites for hydroxylation is 1. The molecule has 0 spiro atoms. The molecule has 182 valence electrons. The van der Waals surface area contributed by atoms with Gasteiger partial charge in [-0.25, -0.2) is 8.42 Å². The fourth-order valence-electron chi connectivity index (χ4n) is 3.97. The van der Waals surface area contributed by atoms with E-state index in [0.29, 0.717) is 18.7 Å². The first-order valence-electron chi connectivity index (χ1n) is 11.1. The van der Waals surface area contributed by atoms with E-state index in [9.17, 15) is 18.0 Å². The van der Waals surface area contributed by atoms with Gasteiger partial charge in [-0.3, -0.25) is 18.9 Å². The van der Waals surface area contributed by atoms with Gasteiger partial charge in [0.2, 0.25) is 11.8 Å². The van der Waals surface area contributed by atoms with E-state index >= 15 is 0 Å². The third-order valence-corrected chi connectivity index (χ3v) is 7.57. The molecule has 0 aliphatic carbocycles. The second-order valence-corrected chi connectivity index (χ2v) is 9.92. The number of carbonyl (C=O) groups is 2. The second-order valence-electron chi connectivity index (χ2n) is 8.14. The Morgan fingerprint density at radius 3 is 2.63 bits per heavy atom. The van der Waals surface area contributed by atoms with Gasteiger partial charge in [0.1, 0.15) is 16.7 Å². The van der Waals surface area contributed by atoms with Crippen LogP contribution in [-0.4, -0.2) is 44.9 Å². The molecule has 1 atom stereocenters. The molecule has 3 aromatic rings. The van der Waals surface area contributed by atoms with Gasteiger partial charge in [-0.1, -0.05) is 18.2 Å². The highest BCUT2D eigenvalue weighted by Gasteiger charge is 2.42. The van der Waals surface area contributed by atoms with E-state index in [1.54, 1.807) is 48.8 Å². The Labute approximate surface area is 204 Å². The number of nitrogens with one attached hydrogen (secondary N) is 2. The summed E-state index contributed by atoms with van der Waals surface area (Å²) in [6.07, 6.45) is 3.58. The largest absolute Gasteiger partial charge is 0.495 e. The first-order chi connectivity index (χ1) is 16.8. The van der Waals surface area contributed by atoms with Gasteiger partial charge in [-0.2, -0.15) is 0 Å². The highest BCUT2D eigenvalue weighted by atomic mass is 32.2. The fourth-order valence-corrected chi connectivity index (χ4v) is 5.74. The van der Waals surface area contributed by atoms with Gasteiger partial charge in [0.05, 0.1) is 24.9 Å². The normalized spacial score (nSPS) is 15.2. The lowest BCUT2D eigenvalue weighted by atomic mass is 10.1. The number of hydrogen-bond acceptors (Lipinski definition) is 6. The summed E-state index contributed by atoms with van der Waals surface area (Å²) in [7, 11) is -2.88. The second kappa shape index (κ2) is 10.1. The van der Waals surface area contributed by atoms with Crippen LogP contribution >= 0.6 is 0 Å². The van der Waals surface area contributed by atoms with Crippen LogP contribution < -0.4 is 19.7 Å². The topological polar surface area (TPSA) is 118 Å². The number of anilines is 2. The molecule has 2 aromatic carbocycles. The van der Waals surface area contributed by atoms with Gasteiger partial charge in [0, 0.05) is 18.9 Å². The Bertz CT molecular complexity index is 1340. The Kier molecular flexibility index (Phi) is 7.02. The summed E-state index contributed by atoms with van der Waals surface area (Å²) in [6, 6.07) is 13.7. The van der Waals surface area contributed by atoms with E-state index < -0.39 is 27.9 Å². The van der Waals surface area contributed by atoms with Crippen LogP contribution in [0.15, 0.2) is 71.9 Å². The van der Waals surface area contributed by atoms with Crippen molar-refractivity contribution >= 4 is 33.2 Å². The van der Waals surface area contributed by atoms with Gasteiger partial charge < -0.3 is 15.4 Å². The summed E-state index contributed by atoms with van der Waals surface area (Å²) in [6.45, 7) is 2.16. The Hall–Kier alpha value is -3.92. The van der Waals surface area contributed by atoms with Crippen molar-refractivity contribution < 1.29 is 22.7 Å². The van der Waals surface area contributed by atoms with Crippen LogP contribution in [-0.2, 0) is 26.0 Å². The standard InChI is InChI=1S/C25H26N4O5S/c1-17-7-8-23(22(15-17)34-2)35(32,33)29-20-6-4-3-5-19(20)28-25(31)21(29)16-24(30)27-14-11-18-9-12-26-13-10-18/h3-10,12-13,15,21H,11,14,16H2,1-2H3,(H,27,30)(H,28,31). The van der Waals surface area contributed by atoms with E-state index in [0.717, 1.165) is 15.4 Å². The maximum Gasteiger partial charge on any atom is 0.268 e. The lowest BCUT2D eigenvalue weighted by Crippen LogP contribution is -2.52. The Morgan fingerprint density at radius 1 is 1.14 bits per heavy atom. The number of hydrogen-bond donors (Lipinski definition) is 2. The minimum Gasteiger partial charge on any atom is -0.495 e. The molecule has 1 unspecified atom stereocenters. The summed E-state index contributed by atoms with van der Waals surface area (Å²) >= 11 is 0. The monoisotopic (exact) mass is 494 g/mol. The number of methoxy groups -OCH3 is 1. The summed E-state index contributed by atoms with van der Waals surface area (Å²) in [5.41, 5.74) is 2.45. The van der Waals surface area contributed by atoms with E-state index in [1.165, 1.54) is 13.2 Å². The van der Waals surface area contributed by atoms with Crippen LogP contribution in [0.3, 0.4) is 0 Å². The number of carbonyl (C=O) groups excluding carboxylic acids is 2. The zero-order valence-corrected chi connectivity index (χ0v) is 20.2. The molecule has 1 aliphatic heterocycles. The molecule has 9 nitrogen and oxygen atoms in total. The third-order valence-electron chi connectivity index (χ3n) is 5.71. The number of ether oxygens (including phenoxy) is 1. The minimum atomic E-state index is -4.27. The lowest BCUT2D eigenvalue weighted by Gasteiger charge is -2.37. The number of amides is 2. The molecule has 35 heavy (non-hydrogen) atoms. The van der Waals surface area contributed by atoms with Gasteiger partial charge in [-0.15, -0.1) is 0 Å². The molecule has 2 N–H and O–H groups in total. The average molecular weight is 495 g/mol. The third kappa shape index (κ3) is 5.12. The Balaban J connectivity index is 1.64. The van der Waals surface area contributed by atoms with Crippen LogP contribution in [0.5, 0.6) is 5.75 Å². The van der Waals surface area contributed by atoms with Crippen molar-refractivity contribution in [1.82, 2.24) is 10.3 Å². The van der Waals surface area contributed by atoms with Crippen LogP contribution in [0.2, 0.25) is 0 Å². The number of nitrogens with zero attached hydrogens (tertiary/aromatic N) is 2. The number of benzene rings is 2. The van der Waals surface area contributed by atoms with Crippen molar-refractivity contribution in [3.8, 4) is 5.75 Å². The fraction of sp³-hybridized carbons (Fsp3) is 0.240. The highest BCUT2D eigenvalue weighted by molar-refractivity contribution is 7.93. The van der Waals surface area contributed by atoms with Crippen molar-refractivity contribution in [1.29, 1.82) is 0 Å². The molecule has 2 amide bonds. The maximum absolute atomic E-state index is 13.9. The van der Waals surface area contributed by atoms with Gasteiger partial charge in [0.25, 0.3) is 10.0 Å². The van der Waals surface area contributed by atoms with Gasteiger partial charge in [-0.05, 0) is 60.9 Å². The van der Waals surface area contributed by atoms with E-state index in [2.05, 4.69) is 15.6 Å². The van der Waals surface area contributed by atoms with Crippen molar-refractivity contribution in [2.45, 2.75) is 30.7 Å².